The lowest BCUT2D eigenvalue weighted by molar-refractivity contribution is 1.24. The summed E-state index contributed by atoms with van der Waals surface area (Å²) in [6.45, 7) is 0. The van der Waals surface area contributed by atoms with Gasteiger partial charge in [-0.2, -0.15) is 0 Å². The minimum Gasteiger partial charge on any atom is -0.236 e. The summed E-state index contributed by atoms with van der Waals surface area (Å²) in [5.74, 6) is 0. The fourth-order valence-electron chi connectivity index (χ4n) is 3.61. The van der Waals surface area contributed by atoms with Crippen LogP contribution in [-0.4, -0.2) is 9.97 Å². The summed E-state index contributed by atoms with van der Waals surface area (Å²) in [7, 11) is -0.785. The molecule has 4 aromatic carbocycles. The Hall–Kier alpha value is -3.61. The molecular formula is C28H21N2P. The molecule has 0 radical (unpaired) electrons. The van der Waals surface area contributed by atoms with Crippen LogP contribution < -0.4 is 16.2 Å². The normalized spacial score (nSPS) is 10.9. The molecule has 1 aromatic heterocycles. The van der Waals surface area contributed by atoms with Crippen LogP contribution in [0, 0.1) is 0 Å². The van der Waals surface area contributed by atoms with E-state index in [0.29, 0.717) is 0 Å². The fourth-order valence-corrected chi connectivity index (χ4v) is 5.65. The molecule has 148 valence electrons. The Morgan fingerprint density at radius 1 is 0.387 bits per heavy atom. The second kappa shape index (κ2) is 9.04. The quantitative estimate of drug-likeness (QED) is 0.350. The number of nitrogens with zero attached hydrogens (tertiary/aromatic N) is 2. The molecule has 0 aliphatic rings. The van der Waals surface area contributed by atoms with Crippen LogP contribution in [-0.2, 0) is 0 Å². The van der Waals surface area contributed by atoms with Crippen molar-refractivity contribution in [1.82, 2.24) is 9.97 Å². The van der Waals surface area contributed by atoms with Gasteiger partial charge in [0.2, 0.25) is 0 Å². The molecule has 0 saturated heterocycles. The molecule has 3 heteroatoms. The minimum atomic E-state index is -0.785. The topological polar surface area (TPSA) is 25.8 Å². The highest BCUT2D eigenvalue weighted by Gasteiger charge is 2.19. The summed E-state index contributed by atoms with van der Waals surface area (Å²) in [5, 5.41) is 2.51. The molecule has 0 aliphatic heterocycles. The van der Waals surface area contributed by atoms with Crippen LogP contribution in [0.4, 0.5) is 0 Å². The second-order valence-electron chi connectivity index (χ2n) is 7.22. The summed E-state index contributed by atoms with van der Waals surface area (Å²) < 4.78 is 0. The molecule has 0 aliphatic carbocycles. The van der Waals surface area contributed by atoms with E-state index in [4.69, 9.17) is 9.97 Å². The molecule has 0 amide bonds. The smallest absolute Gasteiger partial charge is 0.159 e. The zero-order valence-corrected chi connectivity index (χ0v) is 17.9. The van der Waals surface area contributed by atoms with E-state index >= 15 is 0 Å². The van der Waals surface area contributed by atoms with Gasteiger partial charge in [-0.15, -0.1) is 0 Å². The number of benzene rings is 4. The van der Waals surface area contributed by atoms with Crippen molar-refractivity contribution in [2.24, 2.45) is 0 Å². The van der Waals surface area contributed by atoms with Crippen molar-refractivity contribution in [2.45, 2.75) is 0 Å². The van der Waals surface area contributed by atoms with Gasteiger partial charge in [0, 0.05) is 25.9 Å². The first-order valence-corrected chi connectivity index (χ1v) is 11.6. The maximum absolute atomic E-state index is 4.81. The van der Waals surface area contributed by atoms with Crippen LogP contribution in [0.15, 0.2) is 128 Å². The van der Waals surface area contributed by atoms with Crippen molar-refractivity contribution in [2.75, 3.05) is 0 Å². The highest BCUT2D eigenvalue weighted by molar-refractivity contribution is 7.79. The highest BCUT2D eigenvalue weighted by Crippen LogP contribution is 2.31. The van der Waals surface area contributed by atoms with E-state index in [-0.39, 0.29) is 0 Å². The van der Waals surface area contributed by atoms with Gasteiger partial charge in [0.25, 0.3) is 0 Å². The molecule has 0 atom stereocenters. The molecule has 0 spiro atoms. The molecule has 5 aromatic rings. The molecular weight excluding hydrogens is 395 g/mol. The highest BCUT2D eigenvalue weighted by atomic mass is 31.1. The van der Waals surface area contributed by atoms with Crippen LogP contribution >= 0.6 is 7.92 Å². The molecule has 0 fully saturated rings. The number of hydrogen-bond acceptors (Lipinski definition) is 2. The summed E-state index contributed by atoms with van der Waals surface area (Å²) in [6, 6.07) is 40.1. The van der Waals surface area contributed by atoms with Crippen LogP contribution in [0.3, 0.4) is 0 Å². The Bertz CT molecular complexity index is 1200. The van der Waals surface area contributed by atoms with E-state index < -0.39 is 7.92 Å². The molecule has 0 N–H and O–H groups in total. The van der Waals surface area contributed by atoms with Gasteiger partial charge in [-0.1, -0.05) is 115 Å². The summed E-state index contributed by atoms with van der Waals surface area (Å²) in [4.78, 5) is 9.61. The lowest BCUT2D eigenvalue weighted by Crippen LogP contribution is -2.24. The molecule has 1 heterocycles. The SMILES string of the molecule is c1ccc(-c2ccc(-c3cnc(P(c4ccccc4)c4ccccc4)nc3)cc2)cc1. The molecule has 5 rings (SSSR count). The van der Waals surface area contributed by atoms with Crippen LogP contribution in [0.5, 0.6) is 0 Å². The lowest BCUT2D eigenvalue weighted by atomic mass is 10.0. The van der Waals surface area contributed by atoms with Gasteiger partial charge in [0.1, 0.15) is 0 Å². The van der Waals surface area contributed by atoms with Gasteiger partial charge < -0.3 is 0 Å². The Balaban J connectivity index is 1.46. The summed E-state index contributed by atoms with van der Waals surface area (Å²) in [6.07, 6.45) is 3.89. The van der Waals surface area contributed by atoms with Gasteiger partial charge in [0.15, 0.2) is 5.57 Å². The van der Waals surface area contributed by atoms with Gasteiger partial charge >= 0.3 is 0 Å². The van der Waals surface area contributed by atoms with Crippen molar-refractivity contribution >= 4 is 24.1 Å². The van der Waals surface area contributed by atoms with Gasteiger partial charge in [-0.25, -0.2) is 9.97 Å². The van der Waals surface area contributed by atoms with Crippen molar-refractivity contribution in [3.05, 3.63) is 128 Å². The average molecular weight is 416 g/mol. The number of rotatable bonds is 5. The van der Waals surface area contributed by atoms with Gasteiger partial charge in [0.05, 0.1) is 0 Å². The Kier molecular flexibility index (Phi) is 5.64. The standard InChI is InChI=1S/C28H21N2P/c1-4-10-22(11-5-1)23-16-18-24(19-17-23)25-20-29-28(30-21-25)31(26-12-6-2-7-13-26)27-14-8-3-9-15-27/h1-21H. The third kappa shape index (κ3) is 4.30. The summed E-state index contributed by atoms with van der Waals surface area (Å²) in [5.41, 5.74) is 5.45. The molecule has 2 nitrogen and oxygen atoms in total. The van der Waals surface area contributed by atoms with Crippen LogP contribution in [0.2, 0.25) is 0 Å². The van der Waals surface area contributed by atoms with E-state index in [1.807, 2.05) is 30.6 Å². The zero-order valence-electron chi connectivity index (χ0n) is 17.0. The average Bonchev–Trinajstić information content (AvgIpc) is 2.87. The maximum Gasteiger partial charge on any atom is 0.159 e. The molecule has 31 heavy (non-hydrogen) atoms. The third-order valence-corrected chi connectivity index (χ3v) is 7.45. The third-order valence-electron chi connectivity index (χ3n) is 5.19. The first kappa shape index (κ1) is 19.4. The Labute approximate surface area is 184 Å². The van der Waals surface area contributed by atoms with E-state index in [9.17, 15) is 0 Å². The summed E-state index contributed by atoms with van der Waals surface area (Å²) >= 11 is 0. The molecule has 0 unspecified atom stereocenters. The maximum atomic E-state index is 4.81. The van der Waals surface area contributed by atoms with Gasteiger partial charge in [-0.3, -0.25) is 0 Å². The van der Waals surface area contributed by atoms with Crippen molar-refractivity contribution in [3.8, 4) is 22.3 Å². The largest absolute Gasteiger partial charge is 0.236 e. The Morgan fingerprint density at radius 2 is 0.774 bits per heavy atom. The predicted octanol–water partition coefficient (Wildman–Crippen LogP) is 5.57. The first-order chi connectivity index (χ1) is 15.4. The lowest BCUT2D eigenvalue weighted by Gasteiger charge is -2.17. The van der Waals surface area contributed by atoms with Crippen molar-refractivity contribution < 1.29 is 0 Å². The van der Waals surface area contributed by atoms with E-state index in [1.54, 1.807) is 0 Å². The number of aromatic nitrogens is 2. The fraction of sp³-hybridized carbons (Fsp3) is 0. The van der Waals surface area contributed by atoms with Crippen molar-refractivity contribution in [3.63, 3.8) is 0 Å². The monoisotopic (exact) mass is 416 g/mol. The molecule has 0 bridgehead atoms. The zero-order chi connectivity index (χ0) is 20.9. The Morgan fingerprint density at radius 3 is 1.26 bits per heavy atom. The first-order valence-electron chi connectivity index (χ1n) is 10.3. The van der Waals surface area contributed by atoms with Crippen LogP contribution in [0.1, 0.15) is 0 Å². The predicted molar refractivity (Wildman–Crippen MR) is 132 cm³/mol. The van der Waals surface area contributed by atoms with Gasteiger partial charge in [-0.05, 0) is 27.3 Å². The second-order valence-corrected chi connectivity index (χ2v) is 9.33. The minimum absolute atomic E-state index is 0.785. The van der Waals surface area contributed by atoms with Crippen molar-refractivity contribution in [1.29, 1.82) is 0 Å². The van der Waals surface area contributed by atoms with E-state index in [2.05, 4.69) is 97.1 Å². The van der Waals surface area contributed by atoms with E-state index in [1.165, 1.54) is 21.7 Å². The van der Waals surface area contributed by atoms with E-state index in [0.717, 1.165) is 16.7 Å². The van der Waals surface area contributed by atoms with Crippen LogP contribution in [0.25, 0.3) is 22.3 Å². The number of hydrogen-bond donors (Lipinski definition) is 0. The molecule has 0 saturated carbocycles.